The van der Waals surface area contributed by atoms with Crippen LogP contribution in [0, 0.1) is 12.8 Å². The van der Waals surface area contributed by atoms with Gasteiger partial charge in [0.1, 0.15) is 12.4 Å². The van der Waals surface area contributed by atoms with E-state index in [9.17, 15) is 0 Å². The molecule has 1 heterocycles. The van der Waals surface area contributed by atoms with Gasteiger partial charge in [-0.25, -0.2) is 4.99 Å². The highest BCUT2D eigenvalue weighted by Gasteiger charge is 2.25. The van der Waals surface area contributed by atoms with Crippen LogP contribution in [0.25, 0.3) is 0 Å². The average Bonchev–Trinajstić information content (AvgIpc) is 3.32. The van der Waals surface area contributed by atoms with Crippen molar-refractivity contribution in [3.8, 4) is 0 Å². The smallest absolute Gasteiger partial charge is 0.192 e. The molecule has 0 bridgehead atoms. The number of aromatic nitrogens is 3. The molecule has 2 N–H and O–H groups in total. The fourth-order valence-electron chi connectivity index (χ4n) is 3.20. The van der Waals surface area contributed by atoms with Crippen molar-refractivity contribution in [3.05, 3.63) is 11.6 Å². The summed E-state index contributed by atoms with van der Waals surface area (Å²) in [5, 5.41) is 15.5. The number of aryl methyl sites for hydroxylation is 1. The molecule has 2 aliphatic carbocycles. The van der Waals surface area contributed by atoms with Gasteiger partial charge in [-0.15, -0.1) is 10.2 Å². The molecule has 2 saturated carbocycles. The van der Waals surface area contributed by atoms with E-state index in [1.165, 1.54) is 44.9 Å². The van der Waals surface area contributed by atoms with Gasteiger partial charge < -0.3 is 15.2 Å². The molecule has 1 aromatic rings. The zero-order valence-electron chi connectivity index (χ0n) is 14.7. The zero-order chi connectivity index (χ0) is 16.2. The number of aliphatic imine (C=N–C) groups is 1. The Morgan fingerprint density at radius 3 is 2.17 bits per heavy atom. The molecule has 0 saturated heterocycles. The van der Waals surface area contributed by atoms with Gasteiger partial charge in [0.25, 0.3) is 0 Å². The van der Waals surface area contributed by atoms with E-state index < -0.39 is 0 Å². The van der Waals surface area contributed by atoms with Crippen LogP contribution in [0.4, 0.5) is 0 Å². The van der Waals surface area contributed by atoms with E-state index in [0.29, 0.717) is 18.6 Å². The SMILES string of the molecule is CCC1CCC(NC(=NCc2nnc(C)n2C)NC2CC2)CC1. The molecule has 2 aliphatic rings. The van der Waals surface area contributed by atoms with Gasteiger partial charge in [-0.1, -0.05) is 13.3 Å². The maximum Gasteiger partial charge on any atom is 0.192 e. The Bertz CT molecular complexity index is 537. The minimum atomic E-state index is 0.559. The maximum absolute atomic E-state index is 4.75. The predicted octanol–water partition coefficient (Wildman–Crippen LogP) is 2.29. The van der Waals surface area contributed by atoms with Crippen LogP contribution in [-0.4, -0.2) is 32.8 Å². The topological polar surface area (TPSA) is 67.1 Å². The lowest BCUT2D eigenvalue weighted by Gasteiger charge is -2.29. The summed E-state index contributed by atoms with van der Waals surface area (Å²) in [4.78, 5) is 4.75. The van der Waals surface area contributed by atoms with Crippen LogP contribution in [0.1, 0.15) is 63.5 Å². The van der Waals surface area contributed by atoms with Crippen LogP contribution >= 0.6 is 0 Å². The first-order chi connectivity index (χ1) is 11.2. The summed E-state index contributed by atoms with van der Waals surface area (Å²) >= 11 is 0. The van der Waals surface area contributed by atoms with Gasteiger partial charge in [0, 0.05) is 19.1 Å². The highest BCUT2D eigenvalue weighted by atomic mass is 15.3. The highest BCUT2D eigenvalue weighted by Crippen LogP contribution is 2.26. The second-order valence-corrected chi connectivity index (χ2v) is 7.08. The van der Waals surface area contributed by atoms with Crippen LogP contribution in [0.5, 0.6) is 0 Å². The molecule has 0 amide bonds. The summed E-state index contributed by atoms with van der Waals surface area (Å²) < 4.78 is 2.00. The first kappa shape index (κ1) is 16.3. The van der Waals surface area contributed by atoms with Crippen LogP contribution in [-0.2, 0) is 13.6 Å². The molecule has 0 aliphatic heterocycles. The summed E-state index contributed by atoms with van der Waals surface area (Å²) in [5.41, 5.74) is 0. The van der Waals surface area contributed by atoms with E-state index in [4.69, 9.17) is 4.99 Å². The Morgan fingerprint density at radius 2 is 1.70 bits per heavy atom. The predicted molar refractivity (Wildman–Crippen MR) is 92.2 cm³/mol. The Hall–Kier alpha value is -1.59. The molecule has 0 atom stereocenters. The van der Waals surface area contributed by atoms with Crippen molar-refractivity contribution in [2.75, 3.05) is 0 Å². The molecule has 128 valence electrons. The third kappa shape index (κ3) is 4.45. The van der Waals surface area contributed by atoms with Gasteiger partial charge in [0.15, 0.2) is 11.8 Å². The standard InChI is InChI=1S/C17H30N6/c1-4-13-5-7-14(8-6-13)19-17(20-15-9-10-15)18-11-16-22-21-12(2)23(16)3/h13-15H,4-11H2,1-3H3,(H2,18,19,20). The van der Waals surface area contributed by atoms with Crippen molar-refractivity contribution in [3.63, 3.8) is 0 Å². The number of hydrogen-bond donors (Lipinski definition) is 2. The third-order valence-electron chi connectivity index (χ3n) is 5.24. The van der Waals surface area contributed by atoms with Gasteiger partial charge in [0.05, 0.1) is 0 Å². The molecule has 23 heavy (non-hydrogen) atoms. The maximum atomic E-state index is 4.75. The van der Waals surface area contributed by atoms with Gasteiger partial charge >= 0.3 is 0 Å². The second-order valence-electron chi connectivity index (χ2n) is 7.08. The summed E-state index contributed by atoms with van der Waals surface area (Å²) in [6.45, 7) is 4.85. The van der Waals surface area contributed by atoms with Gasteiger partial charge in [-0.05, 0) is 51.4 Å². The van der Waals surface area contributed by atoms with Gasteiger partial charge in [0.2, 0.25) is 0 Å². The Kier molecular flexibility index (Phi) is 5.18. The van der Waals surface area contributed by atoms with Crippen molar-refractivity contribution in [2.45, 2.75) is 77.4 Å². The Morgan fingerprint density at radius 1 is 1.09 bits per heavy atom. The molecule has 0 unspecified atom stereocenters. The summed E-state index contributed by atoms with van der Waals surface area (Å²) in [6, 6.07) is 1.17. The quantitative estimate of drug-likeness (QED) is 0.646. The largest absolute Gasteiger partial charge is 0.354 e. The number of guanidine groups is 1. The van der Waals surface area contributed by atoms with Gasteiger partial charge in [-0.2, -0.15) is 0 Å². The average molecular weight is 318 g/mol. The van der Waals surface area contributed by atoms with Crippen molar-refractivity contribution >= 4 is 5.96 Å². The van der Waals surface area contributed by atoms with E-state index >= 15 is 0 Å². The number of hydrogen-bond acceptors (Lipinski definition) is 3. The van der Waals surface area contributed by atoms with E-state index in [0.717, 1.165) is 23.5 Å². The molecular formula is C17H30N6. The Balaban J connectivity index is 1.58. The third-order valence-corrected chi connectivity index (χ3v) is 5.24. The number of rotatable bonds is 5. The molecule has 1 aromatic heterocycles. The van der Waals surface area contributed by atoms with Crippen molar-refractivity contribution in [1.29, 1.82) is 0 Å². The minimum Gasteiger partial charge on any atom is -0.354 e. The van der Waals surface area contributed by atoms with Gasteiger partial charge in [-0.3, -0.25) is 0 Å². The van der Waals surface area contributed by atoms with E-state index in [2.05, 4.69) is 27.8 Å². The van der Waals surface area contributed by atoms with Crippen molar-refractivity contribution in [2.24, 2.45) is 18.0 Å². The lowest BCUT2D eigenvalue weighted by Crippen LogP contribution is -2.45. The lowest BCUT2D eigenvalue weighted by atomic mass is 9.84. The summed E-state index contributed by atoms with van der Waals surface area (Å²) in [7, 11) is 1.99. The van der Waals surface area contributed by atoms with E-state index in [-0.39, 0.29) is 0 Å². The first-order valence-electron chi connectivity index (χ1n) is 9.08. The second kappa shape index (κ2) is 7.32. The zero-order valence-corrected chi connectivity index (χ0v) is 14.7. The monoisotopic (exact) mass is 318 g/mol. The molecule has 0 radical (unpaired) electrons. The fraction of sp³-hybridized carbons (Fsp3) is 0.824. The lowest BCUT2D eigenvalue weighted by molar-refractivity contribution is 0.304. The normalized spacial score (nSPS) is 25.4. The molecule has 0 spiro atoms. The van der Waals surface area contributed by atoms with Crippen LogP contribution in [0.15, 0.2) is 4.99 Å². The molecule has 0 aromatic carbocycles. The summed E-state index contributed by atoms with van der Waals surface area (Å²) in [5.74, 6) is 3.71. The van der Waals surface area contributed by atoms with E-state index in [1.54, 1.807) is 0 Å². The molecular weight excluding hydrogens is 288 g/mol. The summed E-state index contributed by atoms with van der Waals surface area (Å²) in [6.07, 6.45) is 9.03. The van der Waals surface area contributed by atoms with Crippen LogP contribution in [0.2, 0.25) is 0 Å². The van der Waals surface area contributed by atoms with Crippen LogP contribution in [0.3, 0.4) is 0 Å². The fourth-order valence-corrected chi connectivity index (χ4v) is 3.20. The molecule has 3 rings (SSSR count). The van der Waals surface area contributed by atoms with Crippen molar-refractivity contribution in [1.82, 2.24) is 25.4 Å². The number of nitrogens with zero attached hydrogens (tertiary/aromatic N) is 4. The van der Waals surface area contributed by atoms with E-state index in [1.807, 2.05) is 18.5 Å². The van der Waals surface area contributed by atoms with Crippen molar-refractivity contribution < 1.29 is 0 Å². The molecule has 2 fully saturated rings. The first-order valence-corrected chi connectivity index (χ1v) is 9.08. The highest BCUT2D eigenvalue weighted by molar-refractivity contribution is 5.80. The Labute approximate surface area is 139 Å². The minimum absolute atomic E-state index is 0.559. The molecule has 6 nitrogen and oxygen atoms in total. The van der Waals surface area contributed by atoms with Crippen LogP contribution < -0.4 is 10.6 Å². The molecule has 6 heteroatoms. The number of nitrogens with one attached hydrogen (secondary N) is 2.